The first kappa shape index (κ1) is 28.2. The maximum atomic E-state index is 10.2. The Balaban J connectivity index is 1.59. The number of aromatic nitrogens is 4. The van der Waals surface area contributed by atoms with Gasteiger partial charge in [-0.3, -0.25) is 9.58 Å². The standard InChI is InChI=1S/C27H42N8O3/c1-4-5-21(8-11-36)31-25-24-22(32-26(28)33-25)13-30-35(24)14-19-7-6-18(12-20(19)16-37)23-15-34(10-9-29-23)17-27(2,3)38/h6-7,12-13,21,23,29,36-38H,4-5,8-11,14-17H2,1-3H3,(H3,28,31,32,33)/t21-,23?/m0/s1. The number of aliphatic hydroxyl groups is 3. The average molecular weight is 527 g/mol. The van der Waals surface area contributed by atoms with E-state index in [4.69, 9.17) is 5.73 Å². The van der Waals surface area contributed by atoms with E-state index in [0.29, 0.717) is 30.8 Å². The van der Waals surface area contributed by atoms with Crippen molar-refractivity contribution in [3.8, 4) is 0 Å². The average Bonchev–Trinajstić information content (AvgIpc) is 3.26. The molecule has 1 fully saturated rings. The van der Waals surface area contributed by atoms with Crippen molar-refractivity contribution < 1.29 is 15.3 Å². The lowest BCUT2D eigenvalue weighted by molar-refractivity contribution is 0.0266. The van der Waals surface area contributed by atoms with Gasteiger partial charge in [0.2, 0.25) is 5.95 Å². The highest BCUT2D eigenvalue weighted by molar-refractivity contribution is 5.86. The third kappa shape index (κ3) is 6.97. The normalized spacial score (nSPS) is 17.7. The predicted molar refractivity (Wildman–Crippen MR) is 149 cm³/mol. The van der Waals surface area contributed by atoms with Crippen LogP contribution in [0.1, 0.15) is 62.8 Å². The van der Waals surface area contributed by atoms with E-state index in [1.807, 2.05) is 24.6 Å². The maximum Gasteiger partial charge on any atom is 0.222 e. The third-order valence-corrected chi connectivity index (χ3v) is 6.95. The highest BCUT2D eigenvalue weighted by Crippen LogP contribution is 2.26. The van der Waals surface area contributed by atoms with Crippen LogP contribution in [0.15, 0.2) is 24.4 Å². The van der Waals surface area contributed by atoms with Gasteiger partial charge in [-0.2, -0.15) is 10.1 Å². The number of aliphatic hydroxyl groups excluding tert-OH is 2. The number of rotatable bonds is 12. The second-order valence-corrected chi connectivity index (χ2v) is 10.8. The van der Waals surface area contributed by atoms with Crippen LogP contribution in [-0.2, 0) is 13.2 Å². The molecule has 2 aromatic heterocycles. The summed E-state index contributed by atoms with van der Waals surface area (Å²) in [7, 11) is 0. The molecule has 1 unspecified atom stereocenters. The SMILES string of the molecule is CCC[C@@H](CCO)Nc1nc(N)nc2cnn(Cc3ccc(C4CN(CC(C)(C)O)CCN4)cc3CO)c12. The molecule has 3 heterocycles. The van der Waals surface area contributed by atoms with Crippen LogP contribution in [0, 0.1) is 0 Å². The monoisotopic (exact) mass is 526 g/mol. The molecule has 1 aromatic carbocycles. The van der Waals surface area contributed by atoms with E-state index in [1.54, 1.807) is 6.20 Å². The summed E-state index contributed by atoms with van der Waals surface area (Å²) in [6, 6.07) is 6.36. The minimum atomic E-state index is -0.745. The number of fused-ring (bicyclic) bond motifs is 1. The molecule has 11 nitrogen and oxygen atoms in total. The Morgan fingerprint density at radius 2 is 2.03 bits per heavy atom. The number of nitrogens with two attached hydrogens (primary N) is 1. The second-order valence-electron chi connectivity index (χ2n) is 10.8. The fourth-order valence-electron chi connectivity index (χ4n) is 5.27. The lowest BCUT2D eigenvalue weighted by atomic mass is 9.97. The van der Waals surface area contributed by atoms with E-state index in [2.05, 4.69) is 49.7 Å². The number of anilines is 2. The first-order valence-corrected chi connectivity index (χ1v) is 13.5. The molecule has 0 aliphatic carbocycles. The minimum absolute atomic E-state index is 0.0529. The zero-order valence-electron chi connectivity index (χ0n) is 22.7. The quantitative estimate of drug-likeness (QED) is 0.205. The fraction of sp³-hybridized carbons (Fsp3) is 0.593. The molecule has 0 amide bonds. The number of hydrogen-bond donors (Lipinski definition) is 6. The number of nitrogen functional groups attached to an aromatic ring is 1. The van der Waals surface area contributed by atoms with Crippen molar-refractivity contribution in [3.05, 3.63) is 41.1 Å². The first-order valence-electron chi connectivity index (χ1n) is 13.5. The molecule has 1 saturated heterocycles. The van der Waals surface area contributed by atoms with Crippen molar-refractivity contribution in [3.63, 3.8) is 0 Å². The summed E-state index contributed by atoms with van der Waals surface area (Å²) < 4.78 is 1.83. The summed E-state index contributed by atoms with van der Waals surface area (Å²) in [4.78, 5) is 11.1. The number of nitrogens with zero attached hydrogens (tertiary/aromatic N) is 5. The number of hydrogen-bond acceptors (Lipinski definition) is 10. The van der Waals surface area contributed by atoms with E-state index >= 15 is 0 Å². The molecule has 0 radical (unpaired) electrons. The summed E-state index contributed by atoms with van der Waals surface area (Å²) in [5, 5.41) is 41.6. The Labute approximate surface area is 224 Å². The molecule has 38 heavy (non-hydrogen) atoms. The molecule has 11 heteroatoms. The minimum Gasteiger partial charge on any atom is -0.396 e. The number of benzene rings is 1. The molecule has 0 saturated carbocycles. The Hall–Kier alpha value is -2.83. The van der Waals surface area contributed by atoms with E-state index in [9.17, 15) is 15.3 Å². The maximum absolute atomic E-state index is 10.2. The lowest BCUT2D eigenvalue weighted by Gasteiger charge is -2.37. The summed E-state index contributed by atoms with van der Waals surface area (Å²) >= 11 is 0. The number of piperazine rings is 1. The summed E-state index contributed by atoms with van der Waals surface area (Å²) in [6.45, 7) is 9.32. The molecule has 7 N–H and O–H groups in total. The number of nitrogens with one attached hydrogen (secondary N) is 2. The zero-order chi connectivity index (χ0) is 27.3. The molecule has 3 aromatic rings. The van der Waals surface area contributed by atoms with E-state index in [-0.39, 0.29) is 31.2 Å². The molecule has 0 spiro atoms. The second kappa shape index (κ2) is 12.4. The largest absolute Gasteiger partial charge is 0.396 e. The molecule has 1 aliphatic heterocycles. The summed E-state index contributed by atoms with van der Waals surface area (Å²) in [5.74, 6) is 0.759. The van der Waals surface area contributed by atoms with Crippen LogP contribution in [0.25, 0.3) is 11.0 Å². The third-order valence-electron chi connectivity index (χ3n) is 6.95. The van der Waals surface area contributed by atoms with Gasteiger partial charge < -0.3 is 31.7 Å². The van der Waals surface area contributed by atoms with Crippen molar-refractivity contribution in [2.24, 2.45) is 0 Å². The van der Waals surface area contributed by atoms with Gasteiger partial charge in [0, 0.05) is 44.9 Å². The van der Waals surface area contributed by atoms with Gasteiger partial charge in [0.1, 0.15) is 11.0 Å². The van der Waals surface area contributed by atoms with E-state index < -0.39 is 5.60 Å². The van der Waals surface area contributed by atoms with Gasteiger partial charge in [-0.25, -0.2) is 4.98 Å². The van der Waals surface area contributed by atoms with Gasteiger partial charge in [0.15, 0.2) is 5.82 Å². The van der Waals surface area contributed by atoms with E-state index in [1.165, 1.54) is 0 Å². The zero-order valence-corrected chi connectivity index (χ0v) is 22.7. The topological polar surface area (TPSA) is 158 Å². The number of β-amino-alcohol motifs (C(OH)–C–C–N with tert-alkyl or cyclic N) is 1. The van der Waals surface area contributed by atoms with Crippen LogP contribution in [0.5, 0.6) is 0 Å². The van der Waals surface area contributed by atoms with Crippen LogP contribution in [0.3, 0.4) is 0 Å². The molecule has 2 atom stereocenters. The Morgan fingerprint density at radius 3 is 2.74 bits per heavy atom. The van der Waals surface area contributed by atoms with Crippen LogP contribution in [0.2, 0.25) is 0 Å². The first-order chi connectivity index (χ1) is 18.2. The summed E-state index contributed by atoms with van der Waals surface area (Å²) in [5.41, 5.74) is 9.51. The molecule has 0 bridgehead atoms. The van der Waals surface area contributed by atoms with Crippen LogP contribution >= 0.6 is 0 Å². The van der Waals surface area contributed by atoms with Gasteiger partial charge in [0.05, 0.1) is 24.9 Å². The van der Waals surface area contributed by atoms with Crippen molar-refractivity contribution in [2.45, 2.75) is 70.9 Å². The van der Waals surface area contributed by atoms with Gasteiger partial charge in [-0.1, -0.05) is 31.5 Å². The molecule has 208 valence electrons. The van der Waals surface area contributed by atoms with Crippen LogP contribution in [0.4, 0.5) is 11.8 Å². The van der Waals surface area contributed by atoms with Gasteiger partial charge in [-0.05, 0) is 43.4 Å². The molecule has 4 rings (SSSR count). The molecular formula is C27H42N8O3. The van der Waals surface area contributed by atoms with Crippen LogP contribution in [-0.4, -0.2) is 84.4 Å². The van der Waals surface area contributed by atoms with E-state index in [0.717, 1.165) is 54.7 Å². The lowest BCUT2D eigenvalue weighted by Crippen LogP contribution is -2.50. The smallest absolute Gasteiger partial charge is 0.222 e. The Morgan fingerprint density at radius 1 is 1.21 bits per heavy atom. The Kier molecular flexibility index (Phi) is 9.16. The van der Waals surface area contributed by atoms with Crippen LogP contribution < -0.4 is 16.4 Å². The molecule has 1 aliphatic rings. The van der Waals surface area contributed by atoms with Crippen molar-refractivity contribution >= 4 is 22.8 Å². The molecular weight excluding hydrogens is 484 g/mol. The Bertz CT molecular complexity index is 1200. The highest BCUT2D eigenvalue weighted by Gasteiger charge is 2.26. The fourth-order valence-corrected chi connectivity index (χ4v) is 5.27. The van der Waals surface area contributed by atoms with Crippen molar-refractivity contribution in [1.82, 2.24) is 30.0 Å². The van der Waals surface area contributed by atoms with Crippen molar-refractivity contribution in [1.29, 1.82) is 0 Å². The predicted octanol–water partition coefficient (Wildman–Crippen LogP) is 1.63. The van der Waals surface area contributed by atoms with Gasteiger partial charge in [-0.15, -0.1) is 0 Å². The highest BCUT2D eigenvalue weighted by atomic mass is 16.3. The van der Waals surface area contributed by atoms with Crippen molar-refractivity contribution in [2.75, 3.05) is 43.8 Å². The van der Waals surface area contributed by atoms with Gasteiger partial charge >= 0.3 is 0 Å². The summed E-state index contributed by atoms with van der Waals surface area (Å²) in [6.07, 6.45) is 4.14. The van der Waals surface area contributed by atoms with Gasteiger partial charge in [0.25, 0.3) is 0 Å².